The normalized spacial score (nSPS) is 27.5. The van der Waals surface area contributed by atoms with Gasteiger partial charge in [-0.25, -0.2) is 0 Å². The Bertz CT molecular complexity index is 863. The maximum atomic E-state index is 12.3. The minimum Gasteiger partial charge on any atom is -0.452 e. The zero-order valence-corrected chi connectivity index (χ0v) is 12.3. The molecule has 2 heterocycles. The largest absolute Gasteiger partial charge is 0.452 e. The first-order chi connectivity index (χ1) is 11.2. The lowest BCUT2D eigenvalue weighted by Gasteiger charge is -2.36. The molecule has 2 amide bonds. The number of amides is 2. The van der Waals surface area contributed by atoms with Crippen LogP contribution in [0.4, 0.5) is 5.69 Å². The Morgan fingerprint density at radius 3 is 2.91 bits per heavy atom. The highest BCUT2D eigenvalue weighted by molar-refractivity contribution is 6.16. The van der Waals surface area contributed by atoms with E-state index in [2.05, 4.69) is 22.8 Å². The highest BCUT2D eigenvalue weighted by Crippen LogP contribution is 2.49. The third-order valence-corrected chi connectivity index (χ3v) is 4.94. The number of nitrogens with one attached hydrogen (secondary N) is 2. The highest BCUT2D eigenvalue weighted by atomic mass is 16.5. The van der Waals surface area contributed by atoms with Crippen molar-refractivity contribution in [3.05, 3.63) is 59.0 Å². The first kappa shape index (κ1) is 12.7. The zero-order valence-electron chi connectivity index (χ0n) is 12.3. The summed E-state index contributed by atoms with van der Waals surface area (Å²) in [5.74, 6) is 0.215. The fourth-order valence-corrected chi connectivity index (χ4v) is 3.94. The van der Waals surface area contributed by atoms with Gasteiger partial charge in [-0.2, -0.15) is 0 Å². The van der Waals surface area contributed by atoms with Gasteiger partial charge in [0.1, 0.15) is 0 Å². The average Bonchev–Trinajstić information content (AvgIpc) is 2.88. The van der Waals surface area contributed by atoms with E-state index in [0.29, 0.717) is 17.1 Å². The predicted molar refractivity (Wildman–Crippen MR) is 83.2 cm³/mol. The molecule has 0 spiro atoms. The second-order valence-electron chi connectivity index (χ2n) is 6.18. The third kappa shape index (κ3) is 1.62. The zero-order chi connectivity index (χ0) is 15.6. The minimum atomic E-state index is -0.437. The lowest BCUT2D eigenvalue weighted by molar-refractivity contribution is -0.126. The monoisotopic (exact) mass is 306 g/mol. The Balaban J connectivity index is 1.79. The van der Waals surface area contributed by atoms with Crippen molar-refractivity contribution in [1.29, 1.82) is 0 Å². The van der Waals surface area contributed by atoms with Crippen LogP contribution in [-0.2, 0) is 9.59 Å². The van der Waals surface area contributed by atoms with E-state index >= 15 is 0 Å². The van der Waals surface area contributed by atoms with Crippen molar-refractivity contribution in [2.75, 3.05) is 5.32 Å². The molecule has 0 saturated carbocycles. The van der Waals surface area contributed by atoms with Crippen LogP contribution < -0.4 is 15.4 Å². The van der Waals surface area contributed by atoms with Gasteiger partial charge in [0.2, 0.25) is 5.91 Å². The standard InChI is InChI=1S/C18H14N2O3/c21-17-13-9-5-1-2-6-10(9)15-16(14(13)18(22)20-17)23-12-8-4-3-7-11(12)19-15/h2-4,6-9,13,19H,1,5H2,(H,20,21,22). The van der Waals surface area contributed by atoms with Gasteiger partial charge in [0.25, 0.3) is 5.91 Å². The van der Waals surface area contributed by atoms with Crippen LogP contribution >= 0.6 is 0 Å². The smallest absolute Gasteiger partial charge is 0.258 e. The van der Waals surface area contributed by atoms with Crippen LogP contribution in [-0.4, -0.2) is 11.8 Å². The van der Waals surface area contributed by atoms with Crippen molar-refractivity contribution in [2.24, 2.45) is 11.8 Å². The molecular formula is C18H14N2O3. The number of benzene rings is 1. The molecule has 5 heteroatoms. The fourth-order valence-electron chi connectivity index (χ4n) is 3.94. The molecule has 2 aliphatic carbocycles. The number of carbonyl (C=O) groups is 2. The molecule has 1 aromatic rings. The average molecular weight is 306 g/mol. The van der Waals surface area contributed by atoms with Gasteiger partial charge < -0.3 is 10.1 Å². The van der Waals surface area contributed by atoms with Gasteiger partial charge in [-0.1, -0.05) is 24.3 Å². The molecule has 5 nitrogen and oxygen atoms in total. The summed E-state index contributed by atoms with van der Waals surface area (Å²) in [4.78, 5) is 24.6. The van der Waals surface area contributed by atoms with E-state index in [9.17, 15) is 9.59 Å². The predicted octanol–water partition coefficient (Wildman–Crippen LogP) is 2.25. The molecule has 2 N–H and O–H groups in total. The van der Waals surface area contributed by atoms with E-state index in [4.69, 9.17) is 4.74 Å². The van der Waals surface area contributed by atoms with E-state index in [1.807, 2.05) is 24.3 Å². The summed E-state index contributed by atoms with van der Waals surface area (Å²) in [5.41, 5.74) is 3.22. The van der Waals surface area contributed by atoms with Crippen molar-refractivity contribution in [2.45, 2.75) is 12.8 Å². The molecule has 114 valence electrons. The van der Waals surface area contributed by atoms with Crippen LogP contribution in [0.1, 0.15) is 12.8 Å². The van der Waals surface area contributed by atoms with Crippen molar-refractivity contribution in [1.82, 2.24) is 5.32 Å². The van der Waals surface area contributed by atoms with Gasteiger partial charge in [0.15, 0.2) is 11.5 Å². The fraction of sp³-hybridized carbons (Fsp3) is 0.222. The number of imide groups is 1. The molecule has 2 unspecified atom stereocenters. The Hall–Kier alpha value is -2.82. The summed E-state index contributed by atoms with van der Waals surface area (Å²) < 4.78 is 6.03. The Labute approximate surface area is 132 Å². The molecule has 1 fully saturated rings. The summed E-state index contributed by atoms with van der Waals surface area (Å²) in [6, 6.07) is 7.61. The summed E-state index contributed by atoms with van der Waals surface area (Å²) in [6.45, 7) is 0. The third-order valence-electron chi connectivity index (χ3n) is 4.94. The number of hydrogen-bond donors (Lipinski definition) is 2. The molecule has 1 aromatic carbocycles. The molecule has 2 atom stereocenters. The van der Waals surface area contributed by atoms with Crippen molar-refractivity contribution in [3.63, 3.8) is 0 Å². The van der Waals surface area contributed by atoms with Gasteiger partial charge in [0.05, 0.1) is 22.9 Å². The minimum absolute atomic E-state index is 0.0292. The number of rotatable bonds is 0. The highest BCUT2D eigenvalue weighted by Gasteiger charge is 2.50. The Morgan fingerprint density at radius 2 is 2.00 bits per heavy atom. The summed E-state index contributed by atoms with van der Waals surface area (Å²) in [7, 11) is 0. The number of anilines is 1. The molecule has 23 heavy (non-hydrogen) atoms. The maximum Gasteiger partial charge on any atom is 0.258 e. The topological polar surface area (TPSA) is 67.4 Å². The molecule has 0 aromatic heterocycles. The van der Waals surface area contributed by atoms with Gasteiger partial charge in [-0.3, -0.25) is 14.9 Å². The first-order valence-corrected chi connectivity index (χ1v) is 7.78. The van der Waals surface area contributed by atoms with E-state index in [-0.39, 0.29) is 17.7 Å². The number of fused-ring (bicyclic) bond motifs is 5. The molecule has 0 radical (unpaired) electrons. The van der Waals surface area contributed by atoms with Crippen molar-refractivity contribution in [3.8, 4) is 5.75 Å². The lowest BCUT2D eigenvalue weighted by atomic mass is 9.72. The molecule has 1 saturated heterocycles. The molecular weight excluding hydrogens is 292 g/mol. The van der Waals surface area contributed by atoms with Crippen LogP contribution in [0.15, 0.2) is 59.0 Å². The van der Waals surface area contributed by atoms with Gasteiger partial charge in [-0.15, -0.1) is 0 Å². The number of carbonyl (C=O) groups excluding carboxylic acids is 2. The molecule has 4 aliphatic rings. The van der Waals surface area contributed by atoms with Crippen molar-refractivity contribution >= 4 is 17.5 Å². The Morgan fingerprint density at radius 1 is 1.13 bits per heavy atom. The van der Waals surface area contributed by atoms with E-state index in [0.717, 1.165) is 29.8 Å². The summed E-state index contributed by atoms with van der Waals surface area (Å²) in [5, 5.41) is 5.85. The summed E-state index contributed by atoms with van der Waals surface area (Å²) in [6.07, 6.45) is 5.94. The van der Waals surface area contributed by atoms with Crippen LogP contribution in [0.3, 0.4) is 0 Å². The van der Waals surface area contributed by atoms with E-state index < -0.39 is 5.92 Å². The van der Waals surface area contributed by atoms with E-state index in [1.54, 1.807) is 0 Å². The SMILES string of the molecule is O=C1NC(=O)C2C1=C1Oc3ccccc3NC1=C1C=CCCC12. The second-order valence-corrected chi connectivity index (χ2v) is 6.18. The van der Waals surface area contributed by atoms with Crippen molar-refractivity contribution < 1.29 is 14.3 Å². The number of hydrogen-bond acceptors (Lipinski definition) is 4. The maximum absolute atomic E-state index is 12.3. The molecule has 2 aliphatic heterocycles. The molecule has 5 rings (SSSR count). The second kappa shape index (κ2) is 4.35. The van der Waals surface area contributed by atoms with Crippen LogP contribution in [0.2, 0.25) is 0 Å². The Kier molecular flexibility index (Phi) is 2.40. The number of para-hydroxylation sites is 2. The van der Waals surface area contributed by atoms with Crippen LogP contribution in [0.25, 0.3) is 0 Å². The number of ether oxygens (including phenoxy) is 1. The lowest BCUT2D eigenvalue weighted by Crippen LogP contribution is -2.34. The van der Waals surface area contributed by atoms with Gasteiger partial charge in [0, 0.05) is 5.92 Å². The van der Waals surface area contributed by atoms with E-state index in [1.165, 1.54) is 0 Å². The quantitative estimate of drug-likeness (QED) is 0.722. The van der Waals surface area contributed by atoms with Crippen LogP contribution in [0, 0.1) is 11.8 Å². The number of allylic oxidation sites excluding steroid dienone is 3. The van der Waals surface area contributed by atoms with Gasteiger partial charge >= 0.3 is 0 Å². The van der Waals surface area contributed by atoms with Gasteiger partial charge in [-0.05, 0) is 30.5 Å². The molecule has 0 bridgehead atoms. The first-order valence-electron chi connectivity index (χ1n) is 7.78. The van der Waals surface area contributed by atoms with Crippen LogP contribution in [0.5, 0.6) is 5.75 Å². The summed E-state index contributed by atoms with van der Waals surface area (Å²) >= 11 is 0.